The molecule has 0 radical (unpaired) electrons. The van der Waals surface area contributed by atoms with Crippen molar-refractivity contribution >= 4 is 34.9 Å². The van der Waals surface area contributed by atoms with Gasteiger partial charge in [-0.2, -0.15) is 0 Å². The zero-order valence-electron chi connectivity index (χ0n) is 28.8. The molecule has 1 aliphatic heterocycles. The highest BCUT2D eigenvalue weighted by molar-refractivity contribution is 6.39. The lowest BCUT2D eigenvalue weighted by molar-refractivity contribution is -0.119. The molecule has 0 unspecified atom stereocenters. The molecule has 10 nitrogen and oxygen atoms in total. The molecule has 2 fully saturated rings. The molecule has 50 heavy (non-hydrogen) atoms. The van der Waals surface area contributed by atoms with Gasteiger partial charge in [0.15, 0.2) is 0 Å². The van der Waals surface area contributed by atoms with Crippen LogP contribution < -0.4 is 20.1 Å². The monoisotopic (exact) mass is 716 g/mol. The Hall–Kier alpha value is -4.12. The van der Waals surface area contributed by atoms with E-state index in [4.69, 9.17) is 47.6 Å². The minimum Gasteiger partial charge on any atom is -0.480 e. The van der Waals surface area contributed by atoms with Crippen LogP contribution in [-0.2, 0) is 22.6 Å². The van der Waals surface area contributed by atoms with Gasteiger partial charge in [0.2, 0.25) is 17.7 Å². The Bertz CT molecular complexity index is 1750. The van der Waals surface area contributed by atoms with Gasteiger partial charge in [-0.15, -0.1) is 0 Å². The number of amides is 1. The van der Waals surface area contributed by atoms with E-state index in [2.05, 4.69) is 29.5 Å². The Kier molecular flexibility index (Phi) is 11.3. The number of rotatable bonds is 13. The largest absolute Gasteiger partial charge is 0.480 e. The molecule has 2 aromatic heterocycles. The second-order valence-corrected chi connectivity index (χ2v) is 14.0. The normalized spacial score (nSPS) is 18.6. The van der Waals surface area contributed by atoms with Crippen molar-refractivity contribution in [2.24, 2.45) is 11.8 Å². The predicted molar refractivity (Wildman–Crippen MR) is 194 cm³/mol. The quantitative estimate of drug-likeness (QED) is 0.147. The molecule has 12 heteroatoms. The van der Waals surface area contributed by atoms with Crippen LogP contribution in [0.2, 0.25) is 10.0 Å². The highest BCUT2D eigenvalue weighted by Crippen LogP contribution is 2.42. The summed E-state index contributed by atoms with van der Waals surface area (Å²) in [5.41, 5.74) is 5.42. The van der Waals surface area contributed by atoms with Crippen molar-refractivity contribution in [2.45, 2.75) is 77.4 Å². The van der Waals surface area contributed by atoms with Gasteiger partial charge in [0.05, 0.1) is 48.0 Å². The van der Waals surface area contributed by atoms with E-state index in [9.17, 15) is 9.59 Å². The Morgan fingerprint density at radius 3 is 1.96 bits per heavy atom. The number of aromatic nitrogens is 4. The van der Waals surface area contributed by atoms with Gasteiger partial charge in [-0.3, -0.25) is 19.6 Å². The van der Waals surface area contributed by atoms with Crippen LogP contribution in [-0.4, -0.2) is 57.9 Å². The van der Waals surface area contributed by atoms with E-state index in [0.29, 0.717) is 99.9 Å². The molecule has 0 spiro atoms. The molecule has 2 aliphatic rings. The fraction of sp³-hybridized carbons (Fsp3) is 0.421. The topological polar surface area (TPSA) is 128 Å². The third kappa shape index (κ3) is 7.77. The Morgan fingerprint density at radius 1 is 0.840 bits per heavy atom. The average molecular weight is 718 g/mol. The average Bonchev–Trinajstić information content (AvgIpc) is 3.78. The maximum absolute atomic E-state index is 11.8. The fourth-order valence-electron chi connectivity index (χ4n) is 6.87. The number of carbonyl (C=O) groups is 2. The van der Waals surface area contributed by atoms with Gasteiger partial charge in [0.1, 0.15) is 17.2 Å². The second-order valence-electron chi connectivity index (χ2n) is 13.2. The summed E-state index contributed by atoms with van der Waals surface area (Å²) in [5, 5.41) is 7.50. The summed E-state index contributed by atoms with van der Waals surface area (Å²) in [6.07, 6.45) is 8.57. The maximum Gasteiger partial charge on any atom is 0.237 e. The Labute approximate surface area is 302 Å². The summed E-state index contributed by atoms with van der Waals surface area (Å²) in [6.45, 7) is 4.71. The van der Waals surface area contributed by atoms with Crippen LogP contribution in [0.15, 0.2) is 48.8 Å². The second kappa shape index (κ2) is 15.8. The SMILES string of the molecule is COc1nc(-c2cccc(-c3cccc(-c4cnc(CN[C@@H](C)[C@H]5CCC(=O)C5)c(OC)n4)c3Cl)c2Cl)cnc1CC[C@@H](C)[C@H]1CCC(=O)N1. The van der Waals surface area contributed by atoms with Crippen LogP contribution in [0.25, 0.3) is 33.6 Å². The highest BCUT2D eigenvalue weighted by Gasteiger charge is 2.28. The minimum atomic E-state index is 0.118. The van der Waals surface area contributed by atoms with Gasteiger partial charge < -0.3 is 20.1 Å². The first kappa shape index (κ1) is 35.7. The number of aryl methyl sites for hydroxylation is 1. The fourth-order valence-corrected chi connectivity index (χ4v) is 7.52. The van der Waals surface area contributed by atoms with E-state index in [1.54, 1.807) is 26.6 Å². The minimum absolute atomic E-state index is 0.118. The molecule has 2 aromatic carbocycles. The van der Waals surface area contributed by atoms with Crippen molar-refractivity contribution < 1.29 is 19.1 Å². The zero-order valence-corrected chi connectivity index (χ0v) is 30.3. The zero-order chi connectivity index (χ0) is 35.4. The molecule has 1 amide bonds. The molecule has 262 valence electrons. The van der Waals surface area contributed by atoms with Crippen molar-refractivity contribution in [3.63, 3.8) is 0 Å². The van der Waals surface area contributed by atoms with E-state index < -0.39 is 0 Å². The number of carbonyl (C=O) groups excluding carboxylic acids is 2. The maximum atomic E-state index is 11.8. The van der Waals surface area contributed by atoms with Crippen LogP contribution in [0.5, 0.6) is 11.8 Å². The van der Waals surface area contributed by atoms with Gasteiger partial charge in [0.25, 0.3) is 0 Å². The number of nitrogens with one attached hydrogen (secondary N) is 2. The lowest BCUT2D eigenvalue weighted by atomic mass is 9.94. The molecule has 1 saturated carbocycles. The number of nitrogens with zero attached hydrogens (tertiary/aromatic N) is 4. The molecule has 1 saturated heterocycles. The smallest absolute Gasteiger partial charge is 0.237 e. The number of methoxy groups -OCH3 is 2. The first-order valence-electron chi connectivity index (χ1n) is 17.1. The summed E-state index contributed by atoms with van der Waals surface area (Å²) in [5.74, 6) is 1.94. The molecule has 1 aliphatic carbocycles. The van der Waals surface area contributed by atoms with Gasteiger partial charge in [-0.25, -0.2) is 9.97 Å². The molecule has 2 N–H and O–H groups in total. The van der Waals surface area contributed by atoms with Crippen LogP contribution in [0, 0.1) is 11.8 Å². The van der Waals surface area contributed by atoms with E-state index in [1.807, 2.05) is 36.4 Å². The van der Waals surface area contributed by atoms with Gasteiger partial charge in [0, 0.05) is 60.1 Å². The number of Topliss-reactive ketones (excluding diaryl/α,β-unsaturated/α-hetero) is 1. The van der Waals surface area contributed by atoms with E-state index in [-0.39, 0.29) is 18.0 Å². The summed E-state index contributed by atoms with van der Waals surface area (Å²) >= 11 is 14.2. The molecule has 6 rings (SSSR count). The molecule has 4 atom stereocenters. The summed E-state index contributed by atoms with van der Waals surface area (Å²) in [6, 6.07) is 11.8. The number of hydrogen-bond donors (Lipinski definition) is 2. The lowest BCUT2D eigenvalue weighted by Gasteiger charge is -2.20. The van der Waals surface area contributed by atoms with Crippen molar-refractivity contribution in [3.05, 3.63) is 70.2 Å². The molecule has 4 aromatic rings. The molecular weight excluding hydrogens is 675 g/mol. The number of halogens is 2. The van der Waals surface area contributed by atoms with E-state index in [1.165, 1.54) is 0 Å². The highest BCUT2D eigenvalue weighted by atomic mass is 35.5. The van der Waals surface area contributed by atoms with Gasteiger partial charge in [-0.05, 0) is 44.4 Å². The Balaban J connectivity index is 1.21. The van der Waals surface area contributed by atoms with Crippen molar-refractivity contribution in [2.75, 3.05) is 14.2 Å². The molecule has 3 heterocycles. The van der Waals surface area contributed by atoms with Crippen LogP contribution in [0.3, 0.4) is 0 Å². The van der Waals surface area contributed by atoms with Crippen LogP contribution in [0.4, 0.5) is 0 Å². The summed E-state index contributed by atoms with van der Waals surface area (Å²) < 4.78 is 11.3. The van der Waals surface area contributed by atoms with Crippen LogP contribution >= 0.6 is 23.2 Å². The number of benzene rings is 2. The molecular formula is C38H42Cl2N6O4. The molecule has 0 bridgehead atoms. The number of ketones is 1. The number of ether oxygens (including phenoxy) is 2. The lowest BCUT2D eigenvalue weighted by Crippen LogP contribution is -2.32. The van der Waals surface area contributed by atoms with E-state index in [0.717, 1.165) is 36.1 Å². The summed E-state index contributed by atoms with van der Waals surface area (Å²) in [7, 11) is 3.16. The first-order chi connectivity index (χ1) is 24.2. The predicted octanol–water partition coefficient (Wildman–Crippen LogP) is 7.29. The standard InChI is InChI=1S/C38H42Cl2N6O4/c1-21(29-15-16-34(48)44-29)11-14-30-37(49-3)45-31(18-42-30)27-9-5-7-25(35(27)39)26-8-6-10-28(36(26)40)32-19-43-33(38(46-32)50-4)20-41-22(2)23-12-13-24(47)17-23/h5-10,18-19,21-23,29,41H,11-17,20H2,1-4H3,(H,44,48)/t21-,22+,23+,29-/m1/s1. The third-order valence-electron chi connectivity index (χ3n) is 9.98. The van der Waals surface area contributed by atoms with Gasteiger partial charge >= 0.3 is 0 Å². The third-order valence-corrected chi connectivity index (χ3v) is 10.8. The van der Waals surface area contributed by atoms with Crippen molar-refractivity contribution in [3.8, 4) is 45.4 Å². The van der Waals surface area contributed by atoms with Gasteiger partial charge in [-0.1, -0.05) is 66.5 Å². The summed E-state index contributed by atoms with van der Waals surface area (Å²) in [4.78, 5) is 42.4. The number of hydrogen-bond acceptors (Lipinski definition) is 9. The van der Waals surface area contributed by atoms with E-state index >= 15 is 0 Å². The van der Waals surface area contributed by atoms with Crippen molar-refractivity contribution in [1.29, 1.82) is 0 Å². The Morgan fingerprint density at radius 2 is 1.42 bits per heavy atom. The first-order valence-corrected chi connectivity index (χ1v) is 17.8. The van der Waals surface area contributed by atoms with Crippen LogP contribution in [0.1, 0.15) is 63.8 Å². The van der Waals surface area contributed by atoms with Crippen molar-refractivity contribution in [1.82, 2.24) is 30.6 Å².